The highest BCUT2D eigenvalue weighted by Crippen LogP contribution is 2.30. The summed E-state index contributed by atoms with van der Waals surface area (Å²) in [7, 11) is 1.40. The van der Waals surface area contributed by atoms with E-state index in [9.17, 15) is 4.79 Å². The molecule has 0 bridgehead atoms. The third-order valence-corrected chi connectivity index (χ3v) is 3.56. The molecule has 0 radical (unpaired) electrons. The lowest BCUT2D eigenvalue weighted by Crippen LogP contribution is -2.19. The summed E-state index contributed by atoms with van der Waals surface area (Å²) < 4.78 is 4.68. The van der Waals surface area contributed by atoms with E-state index in [0.29, 0.717) is 5.56 Å². The van der Waals surface area contributed by atoms with E-state index in [-0.39, 0.29) is 11.4 Å². The van der Waals surface area contributed by atoms with Gasteiger partial charge in [-0.25, -0.2) is 4.79 Å². The van der Waals surface area contributed by atoms with Gasteiger partial charge >= 0.3 is 5.97 Å². The number of hydrogen-bond acceptors (Lipinski definition) is 2. The molecule has 0 aliphatic carbocycles. The molecule has 0 heterocycles. The lowest BCUT2D eigenvalue weighted by Gasteiger charge is -2.27. The minimum atomic E-state index is -0.277. The zero-order valence-corrected chi connectivity index (χ0v) is 10.5. The summed E-state index contributed by atoms with van der Waals surface area (Å²) in [6, 6.07) is 7.73. The average molecular weight is 220 g/mol. The number of esters is 1. The predicted molar refractivity (Wildman–Crippen MR) is 65.7 cm³/mol. The molecule has 1 aromatic rings. The molecule has 0 N–H and O–H groups in total. The first-order valence-corrected chi connectivity index (χ1v) is 5.76. The molecular formula is C14H20O2. The van der Waals surface area contributed by atoms with Gasteiger partial charge in [0, 0.05) is 0 Å². The number of carbonyl (C=O) groups is 1. The van der Waals surface area contributed by atoms with E-state index in [2.05, 4.69) is 25.5 Å². The lowest BCUT2D eigenvalue weighted by atomic mass is 9.78. The number of benzene rings is 1. The Kier molecular flexibility index (Phi) is 4.11. The predicted octanol–water partition coefficient (Wildman–Crippen LogP) is 3.55. The Balaban J connectivity index is 2.98. The fourth-order valence-electron chi connectivity index (χ4n) is 1.78. The highest BCUT2D eigenvalue weighted by atomic mass is 16.5. The molecule has 0 saturated heterocycles. The standard InChI is InChI=1S/C14H20O2/c1-5-14(3,6-2)12-9-7-11(8-10-12)13(15)16-4/h7-10H,5-6H2,1-4H3. The van der Waals surface area contributed by atoms with E-state index in [1.54, 1.807) is 0 Å². The summed E-state index contributed by atoms with van der Waals surface area (Å²) in [5.74, 6) is -0.277. The van der Waals surface area contributed by atoms with Crippen molar-refractivity contribution in [2.75, 3.05) is 7.11 Å². The molecule has 0 spiro atoms. The van der Waals surface area contributed by atoms with Gasteiger partial charge in [-0.2, -0.15) is 0 Å². The summed E-state index contributed by atoms with van der Waals surface area (Å²) in [5.41, 5.74) is 2.10. The Morgan fingerprint density at radius 2 is 1.69 bits per heavy atom. The Morgan fingerprint density at radius 1 is 1.19 bits per heavy atom. The van der Waals surface area contributed by atoms with Gasteiger partial charge in [-0.15, -0.1) is 0 Å². The van der Waals surface area contributed by atoms with Gasteiger partial charge in [0.2, 0.25) is 0 Å². The maximum Gasteiger partial charge on any atom is 0.337 e. The highest BCUT2D eigenvalue weighted by Gasteiger charge is 2.22. The molecule has 88 valence electrons. The van der Waals surface area contributed by atoms with Crippen molar-refractivity contribution in [2.45, 2.75) is 39.0 Å². The zero-order chi connectivity index (χ0) is 12.2. The quantitative estimate of drug-likeness (QED) is 0.725. The van der Waals surface area contributed by atoms with Crippen LogP contribution in [0, 0.1) is 0 Å². The SMILES string of the molecule is CCC(C)(CC)c1ccc(C(=O)OC)cc1. The second-order valence-electron chi connectivity index (χ2n) is 4.34. The van der Waals surface area contributed by atoms with Crippen LogP contribution >= 0.6 is 0 Å². The summed E-state index contributed by atoms with van der Waals surface area (Å²) in [4.78, 5) is 11.3. The van der Waals surface area contributed by atoms with E-state index < -0.39 is 0 Å². The maximum absolute atomic E-state index is 11.3. The van der Waals surface area contributed by atoms with Gasteiger partial charge in [-0.1, -0.05) is 32.9 Å². The van der Waals surface area contributed by atoms with Crippen LogP contribution in [0.3, 0.4) is 0 Å². The van der Waals surface area contributed by atoms with Gasteiger partial charge in [-0.3, -0.25) is 0 Å². The van der Waals surface area contributed by atoms with Crippen LogP contribution in [0.25, 0.3) is 0 Å². The van der Waals surface area contributed by atoms with Gasteiger partial charge in [0.1, 0.15) is 0 Å². The monoisotopic (exact) mass is 220 g/mol. The Labute approximate surface area is 97.6 Å². The molecule has 1 aromatic carbocycles. The van der Waals surface area contributed by atoms with Crippen molar-refractivity contribution in [1.29, 1.82) is 0 Å². The molecule has 0 atom stereocenters. The second-order valence-corrected chi connectivity index (χ2v) is 4.34. The van der Waals surface area contributed by atoms with Gasteiger partial charge in [0.05, 0.1) is 12.7 Å². The van der Waals surface area contributed by atoms with Crippen molar-refractivity contribution in [2.24, 2.45) is 0 Å². The third-order valence-electron chi connectivity index (χ3n) is 3.56. The molecular weight excluding hydrogens is 200 g/mol. The smallest absolute Gasteiger partial charge is 0.337 e. The molecule has 0 fully saturated rings. The largest absolute Gasteiger partial charge is 0.465 e. The van der Waals surface area contributed by atoms with Gasteiger partial charge in [0.15, 0.2) is 0 Å². The van der Waals surface area contributed by atoms with E-state index in [1.165, 1.54) is 12.7 Å². The molecule has 0 saturated carbocycles. The van der Waals surface area contributed by atoms with Gasteiger partial charge in [0.25, 0.3) is 0 Å². The van der Waals surface area contributed by atoms with Crippen molar-refractivity contribution >= 4 is 5.97 Å². The van der Waals surface area contributed by atoms with Crippen LogP contribution < -0.4 is 0 Å². The number of hydrogen-bond donors (Lipinski definition) is 0. The maximum atomic E-state index is 11.3. The summed E-state index contributed by atoms with van der Waals surface area (Å²) >= 11 is 0. The number of ether oxygens (including phenoxy) is 1. The topological polar surface area (TPSA) is 26.3 Å². The lowest BCUT2D eigenvalue weighted by molar-refractivity contribution is 0.0600. The summed E-state index contributed by atoms with van der Waals surface area (Å²) in [6.45, 7) is 6.63. The van der Waals surface area contributed by atoms with Gasteiger partial charge in [-0.05, 0) is 36.0 Å². The molecule has 0 amide bonds. The highest BCUT2D eigenvalue weighted by molar-refractivity contribution is 5.89. The first-order valence-electron chi connectivity index (χ1n) is 5.76. The molecule has 0 aliphatic heterocycles. The fourth-order valence-corrected chi connectivity index (χ4v) is 1.78. The zero-order valence-electron chi connectivity index (χ0n) is 10.5. The van der Waals surface area contributed by atoms with Crippen LogP contribution in [-0.4, -0.2) is 13.1 Å². The third kappa shape index (κ3) is 2.43. The Hall–Kier alpha value is -1.31. The molecule has 0 aromatic heterocycles. The van der Waals surface area contributed by atoms with E-state index in [1.807, 2.05) is 24.3 Å². The van der Waals surface area contributed by atoms with Crippen LogP contribution in [0.15, 0.2) is 24.3 Å². The minimum absolute atomic E-state index is 0.203. The first-order chi connectivity index (χ1) is 7.57. The molecule has 2 heteroatoms. The van der Waals surface area contributed by atoms with Crippen LogP contribution in [0.5, 0.6) is 0 Å². The van der Waals surface area contributed by atoms with Crippen molar-refractivity contribution in [1.82, 2.24) is 0 Å². The van der Waals surface area contributed by atoms with Crippen LogP contribution in [0.2, 0.25) is 0 Å². The Morgan fingerprint density at radius 3 is 2.06 bits per heavy atom. The Bertz CT molecular complexity index is 348. The average Bonchev–Trinajstić information content (AvgIpc) is 2.37. The van der Waals surface area contributed by atoms with Gasteiger partial charge < -0.3 is 4.74 Å². The van der Waals surface area contributed by atoms with E-state index >= 15 is 0 Å². The fraction of sp³-hybridized carbons (Fsp3) is 0.500. The molecule has 0 aliphatic rings. The second kappa shape index (κ2) is 5.15. The summed E-state index contributed by atoms with van der Waals surface area (Å²) in [5, 5.41) is 0. The number of carbonyl (C=O) groups excluding carboxylic acids is 1. The first kappa shape index (κ1) is 12.8. The van der Waals surface area contributed by atoms with Crippen LogP contribution in [0.4, 0.5) is 0 Å². The van der Waals surface area contributed by atoms with E-state index in [4.69, 9.17) is 0 Å². The van der Waals surface area contributed by atoms with Crippen molar-refractivity contribution in [3.8, 4) is 0 Å². The normalized spacial score (nSPS) is 11.2. The van der Waals surface area contributed by atoms with Crippen molar-refractivity contribution in [3.05, 3.63) is 35.4 Å². The molecule has 2 nitrogen and oxygen atoms in total. The van der Waals surface area contributed by atoms with Crippen molar-refractivity contribution < 1.29 is 9.53 Å². The summed E-state index contributed by atoms with van der Waals surface area (Å²) in [6.07, 6.45) is 2.20. The molecule has 0 unspecified atom stereocenters. The van der Waals surface area contributed by atoms with Crippen LogP contribution in [0.1, 0.15) is 49.5 Å². The van der Waals surface area contributed by atoms with Crippen molar-refractivity contribution in [3.63, 3.8) is 0 Å². The minimum Gasteiger partial charge on any atom is -0.465 e. The van der Waals surface area contributed by atoms with Crippen LogP contribution in [-0.2, 0) is 10.2 Å². The van der Waals surface area contributed by atoms with E-state index in [0.717, 1.165) is 12.8 Å². The number of rotatable bonds is 4. The molecule has 16 heavy (non-hydrogen) atoms. The molecule has 1 rings (SSSR count). The number of methoxy groups -OCH3 is 1.